The quantitative estimate of drug-likeness (QED) is 0.245. The van der Waals surface area contributed by atoms with E-state index in [0.717, 1.165) is 25.7 Å². The highest BCUT2D eigenvalue weighted by Crippen LogP contribution is 2.44. The molecule has 24 heavy (non-hydrogen) atoms. The van der Waals surface area contributed by atoms with Gasteiger partial charge in [0, 0.05) is 12.5 Å². The highest BCUT2D eigenvalue weighted by Gasteiger charge is 2.46. The minimum Gasteiger partial charge on any atom is -0.466 e. The van der Waals surface area contributed by atoms with Crippen LogP contribution in [0.2, 0.25) is 18.1 Å². The Labute approximate surface area is 147 Å². The summed E-state index contributed by atoms with van der Waals surface area (Å²) in [5, 5.41) is 12.5. The summed E-state index contributed by atoms with van der Waals surface area (Å²) in [5.41, 5.74) is 0.00593. The van der Waals surface area contributed by atoms with Gasteiger partial charge in [0.05, 0.1) is 17.7 Å². The first-order chi connectivity index (χ1) is 11.0. The number of nitrogens with zero attached hydrogens (tertiary/aromatic N) is 1. The average Bonchev–Trinajstić information content (AvgIpc) is 2.48. The molecule has 1 fully saturated rings. The lowest BCUT2D eigenvalue weighted by atomic mass is 9.70. The third kappa shape index (κ3) is 5.05. The van der Waals surface area contributed by atoms with E-state index in [1.54, 1.807) is 6.92 Å². The second kappa shape index (κ2) is 8.00. The Hall–Kier alpha value is -0.883. The van der Waals surface area contributed by atoms with Crippen molar-refractivity contribution in [2.24, 2.45) is 10.6 Å². The Kier molecular flexibility index (Phi) is 7.05. The Morgan fingerprint density at radius 2 is 1.83 bits per heavy atom. The summed E-state index contributed by atoms with van der Waals surface area (Å²) in [5.74, 6) is -0.168. The molecule has 0 spiro atoms. The minimum atomic E-state index is -1.80. The van der Waals surface area contributed by atoms with Crippen LogP contribution in [0.1, 0.15) is 66.7 Å². The van der Waals surface area contributed by atoms with E-state index in [1.165, 1.54) is 0 Å². The fraction of sp³-hybridized carbons (Fsp3) is 0.889. The monoisotopic (exact) mass is 357 g/mol. The molecule has 5 nitrogen and oxygen atoms in total. The molecule has 1 saturated carbocycles. The van der Waals surface area contributed by atoms with E-state index in [9.17, 15) is 4.79 Å². The predicted octanol–water partition coefficient (Wildman–Crippen LogP) is 4.74. The van der Waals surface area contributed by atoms with Crippen LogP contribution in [-0.2, 0) is 14.0 Å². The van der Waals surface area contributed by atoms with Crippen LogP contribution < -0.4 is 0 Å². The van der Waals surface area contributed by atoms with Gasteiger partial charge < -0.3 is 14.4 Å². The molecule has 1 aliphatic rings. The van der Waals surface area contributed by atoms with Gasteiger partial charge in [0.25, 0.3) is 0 Å². The van der Waals surface area contributed by atoms with Crippen molar-refractivity contribution in [3.8, 4) is 0 Å². The number of hydrogen-bond donors (Lipinski definition) is 1. The zero-order valence-corrected chi connectivity index (χ0v) is 17.4. The summed E-state index contributed by atoms with van der Waals surface area (Å²) >= 11 is 0. The third-order valence-electron chi connectivity index (χ3n) is 5.63. The summed E-state index contributed by atoms with van der Waals surface area (Å²) in [6.07, 6.45) is 3.80. The van der Waals surface area contributed by atoms with Crippen LogP contribution >= 0.6 is 0 Å². The molecule has 0 saturated heterocycles. The molecule has 0 atom stereocenters. The molecular formula is C18H35NO4Si. The molecule has 0 aromatic carbocycles. The molecule has 6 heteroatoms. The van der Waals surface area contributed by atoms with E-state index in [-0.39, 0.29) is 17.1 Å². The van der Waals surface area contributed by atoms with Crippen LogP contribution in [0.3, 0.4) is 0 Å². The van der Waals surface area contributed by atoms with Gasteiger partial charge in [0.1, 0.15) is 0 Å². The van der Waals surface area contributed by atoms with Crippen LogP contribution in [0.4, 0.5) is 0 Å². The summed E-state index contributed by atoms with van der Waals surface area (Å²) in [6.45, 7) is 15.2. The first-order valence-corrected chi connectivity index (χ1v) is 11.9. The summed E-state index contributed by atoms with van der Waals surface area (Å²) in [6, 6.07) is 0. The summed E-state index contributed by atoms with van der Waals surface area (Å²) in [4.78, 5) is 12.5. The number of esters is 1. The smallest absolute Gasteiger partial charge is 0.312 e. The molecule has 0 aliphatic heterocycles. The van der Waals surface area contributed by atoms with Crippen molar-refractivity contribution in [2.75, 3.05) is 6.61 Å². The van der Waals surface area contributed by atoms with Crippen molar-refractivity contribution in [3.63, 3.8) is 0 Å². The molecule has 0 bridgehead atoms. The van der Waals surface area contributed by atoms with Crippen molar-refractivity contribution in [1.29, 1.82) is 0 Å². The lowest BCUT2D eigenvalue weighted by Crippen LogP contribution is -2.47. The maximum Gasteiger partial charge on any atom is 0.312 e. The van der Waals surface area contributed by atoms with Crippen LogP contribution in [0.15, 0.2) is 5.16 Å². The molecule has 140 valence electrons. The molecule has 0 heterocycles. The Bertz CT molecular complexity index is 460. The summed E-state index contributed by atoms with van der Waals surface area (Å²) < 4.78 is 11.8. The van der Waals surface area contributed by atoms with Gasteiger partial charge >= 0.3 is 5.97 Å². The fourth-order valence-electron chi connectivity index (χ4n) is 3.12. The maximum atomic E-state index is 12.5. The molecular weight excluding hydrogens is 322 g/mol. The third-order valence-corrected chi connectivity index (χ3v) is 10.2. The number of rotatable bonds is 6. The average molecular weight is 358 g/mol. The highest BCUT2D eigenvalue weighted by molar-refractivity contribution is 6.74. The van der Waals surface area contributed by atoms with Crippen molar-refractivity contribution >= 4 is 20.0 Å². The van der Waals surface area contributed by atoms with Crippen molar-refractivity contribution in [3.05, 3.63) is 0 Å². The Morgan fingerprint density at radius 3 is 2.25 bits per heavy atom. The number of oxime groups is 1. The van der Waals surface area contributed by atoms with E-state index in [4.69, 9.17) is 14.4 Å². The Morgan fingerprint density at radius 1 is 1.29 bits per heavy atom. The van der Waals surface area contributed by atoms with Crippen molar-refractivity contribution < 1.29 is 19.2 Å². The van der Waals surface area contributed by atoms with Crippen molar-refractivity contribution in [1.82, 2.24) is 0 Å². The van der Waals surface area contributed by atoms with Gasteiger partial charge in [0.15, 0.2) is 8.32 Å². The molecule has 1 rings (SSSR count). The highest BCUT2D eigenvalue weighted by atomic mass is 28.4. The SMILES string of the molecule is CCOC(=O)C1(C/C(C)=N\O)CCC(O[Si](C)(C)C(C)(C)C)CC1. The maximum absolute atomic E-state index is 12.5. The predicted molar refractivity (Wildman–Crippen MR) is 99.1 cm³/mol. The first-order valence-electron chi connectivity index (χ1n) is 9.00. The number of hydrogen-bond acceptors (Lipinski definition) is 5. The van der Waals surface area contributed by atoms with Gasteiger partial charge in [-0.25, -0.2) is 0 Å². The largest absolute Gasteiger partial charge is 0.466 e. The lowest BCUT2D eigenvalue weighted by molar-refractivity contribution is -0.158. The van der Waals surface area contributed by atoms with Gasteiger partial charge in [-0.15, -0.1) is 0 Å². The van der Waals surface area contributed by atoms with Gasteiger partial charge in [0.2, 0.25) is 0 Å². The van der Waals surface area contributed by atoms with E-state index in [1.807, 2.05) is 6.92 Å². The molecule has 0 radical (unpaired) electrons. The minimum absolute atomic E-state index is 0.168. The van der Waals surface area contributed by atoms with Crippen LogP contribution in [0, 0.1) is 5.41 Å². The number of carbonyl (C=O) groups is 1. The molecule has 0 aromatic rings. The van der Waals surface area contributed by atoms with Crippen molar-refractivity contribution in [2.45, 2.75) is 91.0 Å². The zero-order chi connectivity index (χ0) is 18.6. The molecule has 0 unspecified atom stereocenters. The van der Waals surface area contributed by atoms with Crippen LogP contribution in [0.5, 0.6) is 0 Å². The van der Waals surface area contributed by atoms with E-state index >= 15 is 0 Å². The van der Waals surface area contributed by atoms with Crippen LogP contribution in [-0.4, -0.2) is 37.9 Å². The second-order valence-electron chi connectivity index (χ2n) is 8.59. The zero-order valence-electron chi connectivity index (χ0n) is 16.4. The van der Waals surface area contributed by atoms with E-state index < -0.39 is 13.7 Å². The molecule has 0 amide bonds. The van der Waals surface area contributed by atoms with Gasteiger partial charge in [-0.1, -0.05) is 25.9 Å². The van der Waals surface area contributed by atoms with E-state index in [2.05, 4.69) is 39.0 Å². The standard InChI is InChI=1S/C18H35NO4Si/c1-8-22-16(20)18(13-14(2)19-21)11-9-15(10-12-18)23-24(6,7)17(3,4)5/h15,21H,8-13H2,1-7H3/b19-14-. The topological polar surface area (TPSA) is 68.1 Å². The van der Waals surface area contributed by atoms with Gasteiger partial charge in [-0.3, -0.25) is 4.79 Å². The lowest BCUT2D eigenvalue weighted by Gasteiger charge is -2.43. The van der Waals surface area contributed by atoms with Gasteiger partial charge in [-0.05, 0) is 57.7 Å². The van der Waals surface area contributed by atoms with Gasteiger partial charge in [-0.2, -0.15) is 0 Å². The molecule has 0 aromatic heterocycles. The van der Waals surface area contributed by atoms with Crippen LogP contribution in [0.25, 0.3) is 0 Å². The first kappa shape index (κ1) is 21.2. The molecule has 1 N–H and O–H groups in total. The number of ether oxygens (including phenoxy) is 1. The fourth-order valence-corrected chi connectivity index (χ4v) is 4.54. The second-order valence-corrected chi connectivity index (χ2v) is 13.3. The number of carbonyl (C=O) groups excluding carboxylic acids is 1. The van der Waals surface area contributed by atoms with E-state index in [0.29, 0.717) is 18.7 Å². The summed E-state index contributed by atoms with van der Waals surface area (Å²) in [7, 11) is -1.80. The molecule has 1 aliphatic carbocycles. The normalized spacial score (nSPS) is 26.3. The Balaban J connectivity index is 2.81.